The van der Waals surface area contributed by atoms with E-state index in [0.29, 0.717) is 17.9 Å². The maximum absolute atomic E-state index is 11.5. The van der Waals surface area contributed by atoms with Crippen LogP contribution in [0.2, 0.25) is 0 Å². The van der Waals surface area contributed by atoms with Crippen molar-refractivity contribution in [2.45, 2.75) is 67.9 Å². The Hall–Kier alpha value is -1.40. The van der Waals surface area contributed by atoms with Crippen molar-refractivity contribution in [3.05, 3.63) is 29.8 Å². The predicted molar refractivity (Wildman–Crippen MR) is 137 cm³/mol. The first-order valence-corrected chi connectivity index (χ1v) is 13.2. The fraction of sp³-hybridized carbons (Fsp3) is 0.708. The van der Waals surface area contributed by atoms with Crippen molar-refractivity contribution in [1.82, 2.24) is 4.90 Å². The topological polar surface area (TPSA) is 232 Å². The zero-order valence-electron chi connectivity index (χ0n) is 21.2. The van der Waals surface area contributed by atoms with Gasteiger partial charge in [0.05, 0.1) is 25.4 Å². The Morgan fingerprint density at radius 1 is 0.842 bits per heavy atom. The van der Waals surface area contributed by atoms with E-state index in [1.807, 2.05) is 6.07 Å². The first kappa shape index (κ1) is 34.6. The van der Waals surface area contributed by atoms with Gasteiger partial charge < -0.3 is 55.8 Å². The van der Waals surface area contributed by atoms with Crippen LogP contribution in [0.5, 0.6) is 5.75 Å². The van der Waals surface area contributed by atoms with Gasteiger partial charge in [0.2, 0.25) is 0 Å². The fourth-order valence-electron chi connectivity index (χ4n) is 3.41. The third-order valence-electron chi connectivity index (χ3n) is 5.80. The standard InChI is InChI=1S/C24H41NO12S/c1-2-20(32)38-13-14-4-3-5-15(8-14)37-7-6-25(9-16(28)21(33)23(35)18(30)11-26)10-17(29)22(34)24(36)19(31)12-27/h3-5,8,16-19,21-24,26-31,33-36H,2,6-7,9-13H2,1H3. The van der Waals surface area contributed by atoms with Crippen molar-refractivity contribution in [3.8, 4) is 5.75 Å². The number of ether oxygens (including phenoxy) is 1. The molecule has 8 unspecified atom stereocenters. The number of aliphatic hydroxyl groups excluding tert-OH is 10. The van der Waals surface area contributed by atoms with E-state index in [0.717, 1.165) is 5.56 Å². The van der Waals surface area contributed by atoms with Gasteiger partial charge in [0, 0.05) is 31.8 Å². The molecule has 0 bridgehead atoms. The first-order chi connectivity index (χ1) is 17.9. The molecule has 13 nitrogen and oxygen atoms in total. The summed E-state index contributed by atoms with van der Waals surface area (Å²) in [6, 6.07) is 7.03. The first-order valence-electron chi connectivity index (χ1n) is 12.2. The monoisotopic (exact) mass is 567 g/mol. The highest BCUT2D eigenvalue weighted by Crippen LogP contribution is 2.19. The van der Waals surface area contributed by atoms with Gasteiger partial charge in [0.1, 0.15) is 49.0 Å². The number of rotatable bonds is 19. The van der Waals surface area contributed by atoms with Gasteiger partial charge in [-0.1, -0.05) is 30.8 Å². The normalized spacial score (nSPS) is 18.3. The number of hydrogen-bond donors (Lipinski definition) is 10. The molecule has 0 aliphatic carbocycles. The summed E-state index contributed by atoms with van der Waals surface area (Å²) in [4.78, 5) is 12.9. The summed E-state index contributed by atoms with van der Waals surface area (Å²) in [6.07, 6.45) is -13.8. The van der Waals surface area contributed by atoms with Crippen molar-refractivity contribution in [2.24, 2.45) is 0 Å². The summed E-state index contributed by atoms with van der Waals surface area (Å²) in [5.41, 5.74) is 0.858. The molecular formula is C24H41NO12S. The number of carbonyl (C=O) groups is 1. The molecule has 220 valence electrons. The summed E-state index contributed by atoms with van der Waals surface area (Å²) in [6.45, 7) is -0.712. The number of hydrogen-bond acceptors (Lipinski definition) is 14. The molecule has 0 saturated heterocycles. The molecule has 0 radical (unpaired) electrons. The van der Waals surface area contributed by atoms with Crippen molar-refractivity contribution >= 4 is 16.9 Å². The average molecular weight is 568 g/mol. The Kier molecular flexibility index (Phi) is 16.4. The third-order valence-corrected chi connectivity index (χ3v) is 6.89. The van der Waals surface area contributed by atoms with Crippen molar-refractivity contribution in [3.63, 3.8) is 0 Å². The molecule has 38 heavy (non-hydrogen) atoms. The van der Waals surface area contributed by atoms with Crippen LogP contribution in [0, 0.1) is 0 Å². The molecule has 0 aromatic heterocycles. The summed E-state index contributed by atoms with van der Waals surface area (Å²) < 4.78 is 5.73. The quantitative estimate of drug-likeness (QED) is 0.0779. The molecule has 8 atom stereocenters. The van der Waals surface area contributed by atoms with Gasteiger partial charge in [-0.2, -0.15) is 0 Å². The van der Waals surface area contributed by atoms with Crippen LogP contribution in [0.25, 0.3) is 0 Å². The van der Waals surface area contributed by atoms with Gasteiger partial charge in [0.15, 0.2) is 5.12 Å². The number of nitrogens with zero attached hydrogens (tertiary/aromatic N) is 1. The SMILES string of the molecule is CCC(=O)SCc1cccc(OCCN(CC(O)C(O)C(O)C(O)CO)CC(O)C(O)C(O)C(O)CO)c1. The van der Waals surface area contributed by atoms with Gasteiger partial charge >= 0.3 is 0 Å². The second-order valence-electron chi connectivity index (χ2n) is 8.87. The minimum atomic E-state index is -1.87. The van der Waals surface area contributed by atoms with Gasteiger partial charge in [-0.15, -0.1) is 0 Å². The lowest BCUT2D eigenvalue weighted by molar-refractivity contribution is -0.130. The lowest BCUT2D eigenvalue weighted by Gasteiger charge is -2.33. The highest BCUT2D eigenvalue weighted by atomic mass is 32.2. The molecule has 14 heteroatoms. The van der Waals surface area contributed by atoms with Gasteiger partial charge in [-0.3, -0.25) is 9.69 Å². The number of carbonyl (C=O) groups excluding carboxylic acids is 1. The third kappa shape index (κ3) is 11.8. The van der Waals surface area contributed by atoms with E-state index >= 15 is 0 Å². The van der Waals surface area contributed by atoms with Crippen LogP contribution in [-0.4, -0.2) is 149 Å². The Morgan fingerprint density at radius 3 is 1.82 bits per heavy atom. The van der Waals surface area contributed by atoms with Gasteiger partial charge in [-0.05, 0) is 17.7 Å². The Bertz CT molecular complexity index is 775. The van der Waals surface area contributed by atoms with Crippen LogP contribution in [0.1, 0.15) is 18.9 Å². The molecule has 0 aliphatic heterocycles. The maximum atomic E-state index is 11.5. The van der Waals surface area contributed by atoms with E-state index in [9.17, 15) is 45.6 Å². The molecule has 1 aromatic carbocycles. The number of thioether (sulfide) groups is 1. The minimum Gasteiger partial charge on any atom is -0.492 e. The number of aliphatic hydroxyl groups is 10. The van der Waals surface area contributed by atoms with Crippen LogP contribution in [-0.2, 0) is 10.5 Å². The summed E-state index contributed by atoms with van der Waals surface area (Å²) in [5, 5.41) is 97.9. The van der Waals surface area contributed by atoms with E-state index in [2.05, 4.69) is 0 Å². The number of benzene rings is 1. The van der Waals surface area contributed by atoms with E-state index in [1.54, 1.807) is 25.1 Å². The lowest BCUT2D eigenvalue weighted by Crippen LogP contribution is -2.53. The van der Waals surface area contributed by atoms with Crippen LogP contribution >= 0.6 is 11.8 Å². The molecule has 0 saturated carbocycles. The second-order valence-corrected chi connectivity index (χ2v) is 9.90. The predicted octanol–water partition coefficient (Wildman–Crippen LogP) is -3.59. The Morgan fingerprint density at radius 2 is 1.34 bits per heavy atom. The maximum Gasteiger partial charge on any atom is 0.188 e. The largest absolute Gasteiger partial charge is 0.492 e. The highest BCUT2D eigenvalue weighted by Gasteiger charge is 2.34. The summed E-state index contributed by atoms with van der Waals surface area (Å²) >= 11 is 1.18. The van der Waals surface area contributed by atoms with Crippen LogP contribution in [0.3, 0.4) is 0 Å². The summed E-state index contributed by atoms with van der Waals surface area (Å²) in [7, 11) is 0. The van der Waals surface area contributed by atoms with Crippen molar-refractivity contribution in [1.29, 1.82) is 0 Å². The molecular weight excluding hydrogens is 526 g/mol. The highest BCUT2D eigenvalue weighted by molar-refractivity contribution is 8.12. The molecule has 0 fully saturated rings. The Balaban J connectivity index is 2.87. The van der Waals surface area contributed by atoms with E-state index < -0.39 is 75.1 Å². The van der Waals surface area contributed by atoms with Gasteiger partial charge in [0.25, 0.3) is 0 Å². The minimum absolute atomic E-state index is 0.000244. The molecule has 0 amide bonds. The van der Waals surface area contributed by atoms with E-state index in [1.165, 1.54) is 16.7 Å². The zero-order chi connectivity index (χ0) is 28.8. The fourth-order valence-corrected chi connectivity index (χ4v) is 4.12. The Labute approximate surface area is 225 Å². The molecule has 0 spiro atoms. The molecule has 0 aliphatic rings. The second kappa shape index (κ2) is 18.0. The molecule has 1 rings (SSSR count). The molecule has 10 N–H and O–H groups in total. The molecule has 0 heterocycles. The van der Waals surface area contributed by atoms with Crippen molar-refractivity contribution < 1.29 is 60.6 Å². The van der Waals surface area contributed by atoms with Crippen LogP contribution in [0.15, 0.2) is 24.3 Å². The van der Waals surface area contributed by atoms with Crippen LogP contribution in [0.4, 0.5) is 0 Å². The van der Waals surface area contributed by atoms with Crippen LogP contribution < -0.4 is 4.74 Å². The zero-order valence-corrected chi connectivity index (χ0v) is 22.0. The van der Waals surface area contributed by atoms with Crippen molar-refractivity contribution in [2.75, 3.05) is 39.5 Å². The smallest absolute Gasteiger partial charge is 0.188 e. The summed E-state index contributed by atoms with van der Waals surface area (Å²) in [5.74, 6) is 0.949. The average Bonchev–Trinajstić information content (AvgIpc) is 2.93. The molecule has 1 aromatic rings. The van der Waals surface area contributed by atoms with Gasteiger partial charge in [-0.25, -0.2) is 0 Å². The lowest BCUT2D eigenvalue weighted by atomic mass is 10.0. The van der Waals surface area contributed by atoms with E-state index in [4.69, 9.17) is 14.9 Å². The van der Waals surface area contributed by atoms with E-state index in [-0.39, 0.29) is 18.3 Å².